The van der Waals surface area contributed by atoms with Gasteiger partial charge in [0, 0.05) is 22.4 Å². The highest BCUT2D eigenvalue weighted by Crippen LogP contribution is 2.45. The first kappa shape index (κ1) is 32.9. The van der Waals surface area contributed by atoms with Crippen molar-refractivity contribution in [3.05, 3.63) is 103 Å². The fourth-order valence-electron chi connectivity index (χ4n) is 5.47. The van der Waals surface area contributed by atoms with Crippen molar-refractivity contribution in [2.24, 2.45) is 5.73 Å². The second-order valence-corrected chi connectivity index (χ2v) is 11.0. The molecule has 1 atom stereocenters. The number of hydrogen-bond acceptors (Lipinski definition) is 7. The summed E-state index contributed by atoms with van der Waals surface area (Å²) in [6.45, 7) is 2.58. The van der Waals surface area contributed by atoms with Crippen LogP contribution < -0.4 is 31.3 Å². The molecule has 5 aromatic carbocycles. The van der Waals surface area contributed by atoms with Crippen molar-refractivity contribution in [1.82, 2.24) is 10.8 Å². The molecule has 0 aromatic heterocycles. The molecule has 0 fully saturated rings. The highest BCUT2D eigenvalue weighted by Gasteiger charge is 2.23. The fourth-order valence-corrected chi connectivity index (χ4v) is 5.47. The van der Waals surface area contributed by atoms with Gasteiger partial charge in [-0.3, -0.25) is 19.6 Å². The van der Waals surface area contributed by atoms with Crippen LogP contribution in [-0.2, 0) is 9.59 Å². The van der Waals surface area contributed by atoms with Crippen LogP contribution in [0.1, 0.15) is 36.5 Å². The predicted octanol–water partition coefficient (Wildman–Crippen LogP) is 5.81. The van der Waals surface area contributed by atoms with Gasteiger partial charge in [-0.05, 0) is 77.7 Å². The predicted molar refractivity (Wildman–Crippen MR) is 183 cm³/mol. The number of amides is 3. The second-order valence-electron chi connectivity index (χ2n) is 11.0. The largest absolute Gasteiger partial charge is 0.493 e. The maximum Gasteiger partial charge on any atom is 0.274 e. The maximum atomic E-state index is 13.3. The van der Waals surface area contributed by atoms with E-state index in [4.69, 9.17) is 20.4 Å². The molecule has 0 spiro atoms. The van der Waals surface area contributed by atoms with Crippen LogP contribution in [0.2, 0.25) is 0 Å². The molecule has 3 amide bonds. The zero-order valence-electron chi connectivity index (χ0n) is 26.1. The van der Waals surface area contributed by atoms with Crippen molar-refractivity contribution in [2.75, 3.05) is 25.1 Å². The first-order valence-electron chi connectivity index (χ1n) is 15.6. The smallest absolute Gasteiger partial charge is 0.274 e. The minimum Gasteiger partial charge on any atom is -0.493 e. The number of nitrogens with one attached hydrogen (secondary N) is 3. The summed E-state index contributed by atoms with van der Waals surface area (Å²) in [6, 6.07) is 29.0. The van der Waals surface area contributed by atoms with E-state index in [0.717, 1.165) is 44.8 Å². The summed E-state index contributed by atoms with van der Waals surface area (Å²) in [6.07, 6.45) is 1.62. The zero-order chi connectivity index (χ0) is 33.2. The van der Waals surface area contributed by atoms with Gasteiger partial charge < -0.3 is 25.8 Å². The van der Waals surface area contributed by atoms with Gasteiger partial charge in [0.1, 0.15) is 17.5 Å². The van der Waals surface area contributed by atoms with E-state index in [1.807, 2.05) is 72.8 Å². The number of fused-ring (bicyclic) bond motifs is 2. The van der Waals surface area contributed by atoms with E-state index in [9.17, 15) is 14.4 Å². The fraction of sp³-hybridized carbons (Fsp3) is 0.216. The Morgan fingerprint density at radius 3 is 2.06 bits per heavy atom. The molecule has 0 unspecified atom stereocenters. The Bertz CT molecular complexity index is 1890. The molecule has 0 saturated carbocycles. The maximum absolute atomic E-state index is 13.3. The van der Waals surface area contributed by atoms with E-state index in [1.54, 1.807) is 17.6 Å². The van der Waals surface area contributed by atoms with E-state index in [-0.39, 0.29) is 12.2 Å². The number of nitrogens with two attached hydrogens (primary N) is 1. The van der Waals surface area contributed by atoms with E-state index < -0.39 is 23.8 Å². The summed E-state index contributed by atoms with van der Waals surface area (Å²) in [5.74, 6) is -0.469. The Hall–Kier alpha value is -5.45. The summed E-state index contributed by atoms with van der Waals surface area (Å²) in [5, 5.41) is 18.4. The third-order valence-electron chi connectivity index (χ3n) is 7.69. The van der Waals surface area contributed by atoms with Crippen molar-refractivity contribution >= 4 is 45.0 Å². The van der Waals surface area contributed by atoms with Gasteiger partial charge in [-0.2, -0.15) is 0 Å². The summed E-state index contributed by atoms with van der Waals surface area (Å²) >= 11 is 0. The van der Waals surface area contributed by atoms with E-state index >= 15 is 0 Å². The molecular formula is C37H38N4O6. The van der Waals surface area contributed by atoms with Crippen molar-refractivity contribution < 1.29 is 29.1 Å². The van der Waals surface area contributed by atoms with Crippen molar-refractivity contribution in [3.63, 3.8) is 0 Å². The second kappa shape index (κ2) is 15.7. The van der Waals surface area contributed by atoms with Gasteiger partial charge >= 0.3 is 0 Å². The van der Waals surface area contributed by atoms with Crippen LogP contribution in [0.25, 0.3) is 32.7 Å². The number of anilines is 1. The van der Waals surface area contributed by atoms with Gasteiger partial charge in [0.25, 0.3) is 11.8 Å². The zero-order valence-corrected chi connectivity index (χ0v) is 26.1. The van der Waals surface area contributed by atoms with Crippen LogP contribution in [0.15, 0.2) is 97.1 Å². The summed E-state index contributed by atoms with van der Waals surface area (Å²) in [4.78, 5) is 38.4. The summed E-state index contributed by atoms with van der Waals surface area (Å²) in [7, 11) is 0. The minimum absolute atomic E-state index is 0.155. The number of benzene rings is 5. The van der Waals surface area contributed by atoms with Crippen LogP contribution in [0.5, 0.6) is 11.5 Å². The molecule has 5 rings (SSSR count). The van der Waals surface area contributed by atoms with Gasteiger partial charge in [-0.15, -0.1) is 0 Å². The lowest BCUT2D eigenvalue weighted by Gasteiger charge is -2.21. The molecule has 10 nitrogen and oxygen atoms in total. The Morgan fingerprint density at radius 1 is 0.809 bits per heavy atom. The van der Waals surface area contributed by atoms with Crippen molar-refractivity contribution in [3.8, 4) is 22.6 Å². The monoisotopic (exact) mass is 634 g/mol. The quantitative estimate of drug-likeness (QED) is 0.0764. The van der Waals surface area contributed by atoms with Crippen LogP contribution >= 0.6 is 0 Å². The molecule has 0 saturated heterocycles. The lowest BCUT2D eigenvalue weighted by molar-refractivity contribution is -0.128. The number of ether oxygens (including phenoxy) is 2. The van der Waals surface area contributed by atoms with Crippen LogP contribution in [0, 0.1) is 0 Å². The first-order chi connectivity index (χ1) is 22.9. The van der Waals surface area contributed by atoms with Crippen LogP contribution in [-0.4, -0.2) is 48.7 Å². The molecule has 0 aliphatic carbocycles. The lowest BCUT2D eigenvalue weighted by Crippen LogP contribution is -2.45. The third kappa shape index (κ3) is 7.86. The minimum atomic E-state index is -0.909. The molecule has 10 heteroatoms. The number of hydrogen-bond donors (Lipinski definition) is 5. The van der Waals surface area contributed by atoms with Gasteiger partial charge in [-0.1, -0.05) is 73.7 Å². The molecule has 6 N–H and O–H groups in total. The average molecular weight is 635 g/mol. The Balaban J connectivity index is 1.42. The molecule has 0 heterocycles. The van der Waals surface area contributed by atoms with Crippen molar-refractivity contribution in [2.45, 2.75) is 32.2 Å². The Labute approximate surface area is 272 Å². The van der Waals surface area contributed by atoms with Gasteiger partial charge in [0.2, 0.25) is 5.91 Å². The Kier molecular flexibility index (Phi) is 11.0. The molecule has 0 aliphatic heterocycles. The molecule has 0 aliphatic rings. The highest BCUT2D eigenvalue weighted by molar-refractivity contribution is 6.10. The standard InChI is InChI=1S/C37H38N4O6/c1-2-21-46-31-18-16-24-9-3-5-13-28(24)34(31)35-29-14-6-4-10-25(29)17-19-32(35)47-23-33(42)40-30(15-8-20-38)37(44)39-27-12-7-11-26(22-27)36(43)41-45/h3-7,9-14,16-19,22,30,45H,2,8,15,20-21,23,38H2,1H3,(H,39,44)(H,40,42)(H,41,43)/t30-/m1/s1. The van der Waals surface area contributed by atoms with Gasteiger partial charge in [-0.25, -0.2) is 5.48 Å². The molecule has 5 aromatic rings. The first-order valence-corrected chi connectivity index (χ1v) is 15.6. The molecular weight excluding hydrogens is 596 g/mol. The Morgan fingerprint density at radius 2 is 1.45 bits per heavy atom. The third-order valence-corrected chi connectivity index (χ3v) is 7.69. The van der Waals surface area contributed by atoms with Crippen LogP contribution in [0.4, 0.5) is 5.69 Å². The van der Waals surface area contributed by atoms with Gasteiger partial charge in [0.05, 0.1) is 6.61 Å². The number of hydroxylamine groups is 1. The van der Waals surface area contributed by atoms with Crippen LogP contribution in [0.3, 0.4) is 0 Å². The van der Waals surface area contributed by atoms with Crippen molar-refractivity contribution in [1.29, 1.82) is 0 Å². The molecule has 0 bridgehead atoms. The highest BCUT2D eigenvalue weighted by atomic mass is 16.5. The molecule has 0 radical (unpaired) electrons. The summed E-state index contributed by atoms with van der Waals surface area (Å²) in [5.41, 5.74) is 9.45. The average Bonchev–Trinajstić information content (AvgIpc) is 3.10. The normalized spacial score (nSPS) is 11.6. The topological polar surface area (TPSA) is 152 Å². The van der Waals surface area contributed by atoms with Gasteiger partial charge in [0.15, 0.2) is 6.61 Å². The number of carbonyl (C=O) groups excluding carboxylic acids is 3. The number of rotatable bonds is 14. The lowest BCUT2D eigenvalue weighted by atomic mass is 9.92. The molecule has 47 heavy (non-hydrogen) atoms. The van der Waals surface area contributed by atoms with E-state index in [1.165, 1.54) is 12.1 Å². The SMILES string of the molecule is CCCOc1ccc2ccccc2c1-c1c(OCC(=O)N[C@H](CCCN)C(=O)Nc2cccc(C(=O)NO)c2)ccc2ccccc12. The van der Waals surface area contributed by atoms with E-state index in [0.29, 0.717) is 37.4 Å². The summed E-state index contributed by atoms with van der Waals surface area (Å²) < 4.78 is 12.5. The molecule has 242 valence electrons. The number of carbonyl (C=O) groups is 3. The van der Waals surface area contributed by atoms with E-state index in [2.05, 4.69) is 17.6 Å².